The summed E-state index contributed by atoms with van der Waals surface area (Å²) < 4.78 is 72.4. The molecule has 0 saturated carbocycles. The molecule has 3 rings (SSSR count). The van der Waals surface area contributed by atoms with Gasteiger partial charge in [-0.15, -0.1) is 0 Å². The fourth-order valence-electron chi connectivity index (χ4n) is 3.02. The molecule has 2 aromatic carbocycles. The lowest BCUT2D eigenvalue weighted by Crippen LogP contribution is -2.50. The Kier molecular flexibility index (Phi) is 6.13. The van der Waals surface area contributed by atoms with Crippen molar-refractivity contribution in [2.24, 2.45) is 0 Å². The normalized spacial score (nSPS) is 15.4. The number of hydrogen-bond donors (Lipinski definition) is 0. The van der Waals surface area contributed by atoms with Gasteiger partial charge in [0.25, 0.3) is 5.91 Å². The second-order valence-corrected chi connectivity index (χ2v) is 8.26. The standard InChI is InChI=1S/C19H19F3N2O4S/c1-2-28-13-3-5-14(6-4-13)29(26,27)24-11-9-23(10-12-24)19(25)15-7-8-16(20)18(22)17(15)21/h3-8H,2,9-12H2,1H3. The first-order valence-electron chi connectivity index (χ1n) is 8.91. The van der Waals surface area contributed by atoms with Gasteiger partial charge in [-0.25, -0.2) is 21.6 Å². The fraction of sp³-hybridized carbons (Fsp3) is 0.316. The quantitative estimate of drug-likeness (QED) is 0.687. The van der Waals surface area contributed by atoms with Crippen LogP contribution in [0.1, 0.15) is 17.3 Å². The minimum Gasteiger partial charge on any atom is -0.494 e. The van der Waals surface area contributed by atoms with E-state index in [0.717, 1.165) is 6.07 Å². The van der Waals surface area contributed by atoms with Gasteiger partial charge in [-0.1, -0.05) is 0 Å². The molecular weight excluding hydrogens is 409 g/mol. The predicted molar refractivity (Wildman–Crippen MR) is 98.6 cm³/mol. The van der Waals surface area contributed by atoms with Crippen LogP contribution in [0.2, 0.25) is 0 Å². The number of carbonyl (C=O) groups is 1. The zero-order chi connectivity index (χ0) is 21.2. The lowest BCUT2D eigenvalue weighted by Gasteiger charge is -2.34. The third-order valence-electron chi connectivity index (χ3n) is 4.56. The second kappa shape index (κ2) is 8.42. The number of hydrogen-bond acceptors (Lipinski definition) is 4. The first-order valence-corrected chi connectivity index (χ1v) is 10.4. The minimum atomic E-state index is -3.77. The Morgan fingerprint density at radius 1 is 0.966 bits per heavy atom. The summed E-state index contributed by atoms with van der Waals surface area (Å²) in [5.41, 5.74) is -0.591. The molecular formula is C19H19F3N2O4S. The number of rotatable bonds is 5. The Morgan fingerprint density at radius 3 is 2.17 bits per heavy atom. The number of piperazine rings is 1. The van der Waals surface area contributed by atoms with Gasteiger partial charge in [0.1, 0.15) is 5.75 Å². The van der Waals surface area contributed by atoms with Crippen LogP contribution < -0.4 is 4.74 Å². The number of carbonyl (C=O) groups excluding carboxylic acids is 1. The van der Waals surface area contributed by atoms with E-state index in [1.165, 1.54) is 21.3 Å². The molecule has 1 aliphatic heterocycles. The summed E-state index contributed by atoms with van der Waals surface area (Å²) in [7, 11) is -3.77. The summed E-state index contributed by atoms with van der Waals surface area (Å²) in [4.78, 5) is 13.7. The van der Waals surface area contributed by atoms with Gasteiger partial charge in [-0.2, -0.15) is 4.31 Å². The lowest BCUT2D eigenvalue weighted by molar-refractivity contribution is 0.0691. The molecule has 29 heavy (non-hydrogen) atoms. The van der Waals surface area contributed by atoms with E-state index in [4.69, 9.17) is 4.74 Å². The van der Waals surface area contributed by atoms with E-state index in [9.17, 15) is 26.4 Å². The zero-order valence-corrected chi connectivity index (χ0v) is 16.4. The van der Waals surface area contributed by atoms with Crippen molar-refractivity contribution in [3.05, 3.63) is 59.4 Å². The van der Waals surface area contributed by atoms with E-state index < -0.39 is 38.9 Å². The molecule has 1 amide bonds. The van der Waals surface area contributed by atoms with Gasteiger partial charge in [-0.3, -0.25) is 4.79 Å². The number of ether oxygens (including phenoxy) is 1. The van der Waals surface area contributed by atoms with Gasteiger partial charge in [0.15, 0.2) is 17.5 Å². The largest absolute Gasteiger partial charge is 0.494 e. The van der Waals surface area contributed by atoms with Crippen LogP contribution in [0.25, 0.3) is 0 Å². The van der Waals surface area contributed by atoms with Crippen LogP contribution in [0.15, 0.2) is 41.3 Å². The predicted octanol–water partition coefficient (Wildman–Crippen LogP) is 2.65. The lowest BCUT2D eigenvalue weighted by atomic mass is 10.1. The van der Waals surface area contributed by atoms with Crippen LogP contribution >= 0.6 is 0 Å². The second-order valence-electron chi connectivity index (χ2n) is 6.32. The topological polar surface area (TPSA) is 66.9 Å². The molecule has 0 spiro atoms. The Labute approximate surface area is 166 Å². The molecule has 1 saturated heterocycles. The first kappa shape index (κ1) is 21.1. The summed E-state index contributed by atoms with van der Waals surface area (Å²) in [5, 5.41) is 0. The number of sulfonamides is 1. The van der Waals surface area contributed by atoms with Crippen LogP contribution in [-0.4, -0.2) is 56.3 Å². The summed E-state index contributed by atoms with van der Waals surface area (Å²) in [6.45, 7) is 2.25. The average molecular weight is 428 g/mol. The zero-order valence-electron chi connectivity index (χ0n) is 15.6. The summed E-state index contributed by atoms with van der Waals surface area (Å²) >= 11 is 0. The highest BCUT2D eigenvalue weighted by Gasteiger charge is 2.31. The maximum absolute atomic E-state index is 13.9. The first-order chi connectivity index (χ1) is 13.8. The molecule has 0 unspecified atom stereocenters. The van der Waals surface area contributed by atoms with E-state index in [2.05, 4.69) is 0 Å². The van der Waals surface area contributed by atoms with Crippen molar-refractivity contribution in [2.45, 2.75) is 11.8 Å². The van der Waals surface area contributed by atoms with E-state index in [1.807, 2.05) is 6.92 Å². The molecule has 1 aliphatic rings. The molecule has 0 atom stereocenters. The summed E-state index contributed by atoms with van der Waals surface area (Å²) in [6, 6.07) is 7.55. The van der Waals surface area contributed by atoms with Crippen LogP contribution in [0.4, 0.5) is 13.2 Å². The van der Waals surface area contributed by atoms with E-state index in [0.29, 0.717) is 18.4 Å². The SMILES string of the molecule is CCOc1ccc(S(=O)(=O)N2CCN(C(=O)c3ccc(F)c(F)c3F)CC2)cc1. The Bertz CT molecular complexity index is 1000. The maximum atomic E-state index is 13.9. The molecule has 0 aliphatic carbocycles. The third kappa shape index (κ3) is 4.23. The summed E-state index contributed by atoms with van der Waals surface area (Å²) in [5.74, 6) is -4.92. The highest BCUT2D eigenvalue weighted by atomic mass is 32.2. The Hall–Kier alpha value is -2.59. The minimum absolute atomic E-state index is 0.00642. The van der Waals surface area contributed by atoms with Crippen molar-refractivity contribution in [3.63, 3.8) is 0 Å². The molecule has 0 aromatic heterocycles. The maximum Gasteiger partial charge on any atom is 0.257 e. The van der Waals surface area contributed by atoms with Crippen molar-refractivity contribution < 1.29 is 31.1 Å². The van der Waals surface area contributed by atoms with Crippen LogP contribution in [0.5, 0.6) is 5.75 Å². The molecule has 0 radical (unpaired) electrons. The van der Waals surface area contributed by atoms with Crippen molar-refractivity contribution >= 4 is 15.9 Å². The fourth-order valence-corrected chi connectivity index (χ4v) is 4.44. The van der Waals surface area contributed by atoms with Crippen molar-refractivity contribution in [1.82, 2.24) is 9.21 Å². The van der Waals surface area contributed by atoms with Gasteiger partial charge >= 0.3 is 0 Å². The van der Waals surface area contributed by atoms with Gasteiger partial charge < -0.3 is 9.64 Å². The van der Waals surface area contributed by atoms with Crippen molar-refractivity contribution in [2.75, 3.05) is 32.8 Å². The van der Waals surface area contributed by atoms with Gasteiger partial charge in [0.2, 0.25) is 10.0 Å². The highest BCUT2D eigenvalue weighted by Crippen LogP contribution is 2.22. The number of nitrogens with zero attached hydrogens (tertiary/aromatic N) is 2. The molecule has 1 heterocycles. The molecule has 6 nitrogen and oxygen atoms in total. The number of halogens is 3. The van der Waals surface area contributed by atoms with Crippen LogP contribution in [0.3, 0.4) is 0 Å². The van der Waals surface area contributed by atoms with Crippen molar-refractivity contribution in [3.8, 4) is 5.75 Å². The molecule has 156 valence electrons. The van der Waals surface area contributed by atoms with E-state index >= 15 is 0 Å². The monoisotopic (exact) mass is 428 g/mol. The van der Waals surface area contributed by atoms with Crippen LogP contribution in [-0.2, 0) is 10.0 Å². The van der Waals surface area contributed by atoms with Gasteiger partial charge in [0.05, 0.1) is 17.1 Å². The Balaban J connectivity index is 1.69. The Morgan fingerprint density at radius 2 is 1.59 bits per heavy atom. The number of amides is 1. The average Bonchev–Trinajstić information content (AvgIpc) is 2.72. The van der Waals surface area contributed by atoms with Gasteiger partial charge in [0, 0.05) is 26.2 Å². The molecule has 2 aromatic rings. The van der Waals surface area contributed by atoms with Crippen LogP contribution in [0, 0.1) is 17.5 Å². The molecule has 0 bridgehead atoms. The van der Waals surface area contributed by atoms with E-state index in [-0.39, 0.29) is 31.1 Å². The van der Waals surface area contributed by atoms with Gasteiger partial charge in [-0.05, 0) is 43.3 Å². The molecule has 0 N–H and O–H groups in total. The third-order valence-corrected chi connectivity index (χ3v) is 6.48. The summed E-state index contributed by atoms with van der Waals surface area (Å²) in [6.07, 6.45) is 0. The van der Waals surface area contributed by atoms with Crippen molar-refractivity contribution in [1.29, 1.82) is 0 Å². The number of benzene rings is 2. The smallest absolute Gasteiger partial charge is 0.257 e. The van der Waals surface area contributed by atoms with E-state index in [1.54, 1.807) is 12.1 Å². The molecule has 1 fully saturated rings. The molecule has 10 heteroatoms. The highest BCUT2D eigenvalue weighted by molar-refractivity contribution is 7.89.